The third-order valence-corrected chi connectivity index (χ3v) is 6.58. The highest BCUT2D eigenvalue weighted by Crippen LogP contribution is 2.25. The van der Waals surface area contributed by atoms with Crippen LogP contribution < -0.4 is 5.73 Å². The average molecular weight is 461 g/mol. The quantitative estimate of drug-likeness (QED) is 0.482. The van der Waals surface area contributed by atoms with Crippen LogP contribution in [0.4, 0.5) is 0 Å². The Hall–Kier alpha value is -2.03. The van der Waals surface area contributed by atoms with Crippen molar-refractivity contribution in [1.29, 1.82) is 0 Å². The zero-order valence-corrected chi connectivity index (χ0v) is 20.1. The summed E-state index contributed by atoms with van der Waals surface area (Å²) in [6, 6.07) is 9.80. The van der Waals surface area contributed by atoms with Gasteiger partial charge in [0.1, 0.15) is 6.10 Å². The van der Waals surface area contributed by atoms with Gasteiger partial charge in [0.2, 0.25) is 0 Å². The molecule has 2 amide bonds. The number of carbonyl (C=O) groups excluding carboxylic acids is 2. The molecule has 2 saturated heterocycles. The molecule has 1 unspecified atom stereocenters. The van der Waals surface area contributed by atoms with E-state index >= 15 is 0 Å². The van der Waals surface area contributed by atoms with Crippen LogP contribution in [0.1, 0.15) is 38.7 Å². The Bertz CT molecular complexity index is 805. The number of nitrogens with two attached hydrogens (primary N) is 1. The molecule has 3 rings (SSSR count). The number of ether oxygens (including phenoxy) is 1. The first-order valence-electron chi connectivity index (χ1n) is 11.6. The monoisotopic (exact) mass is 460 g/mol. The topological polar surface area (TPSA) is 79.1 Å². The molecule has 0 saturated carbocycles. The second-order valence-electron chi connectivity index (χ2n) is 8.42. The normalized spacial score (nSPS) is 21.2. The summed E-state index contributed by atoms with van der Waals surface area (Å²) >= 11 is 4.28. The van der Waals surface area contributed by atoms with Crippen LogP contribution >= 0.6 is 12.6 Å². The Kier molecular flexibility index (Phi) is 9.02. The molecule has 7 nitrogen and oxygen atoms in total. The van der Waals surface area contributed by atoms with Gasteiger partial charge in [0.25, 0.3) is 11.8 Å². The van der Waals surface area contributed by atoms with Crippen molar-refractivity contribution in [3.63, 3.8) is 0 Å². The number of likely N-dealkylation sites (N-methyl/N-ethyl adjacent to an activating group) is 1. The highest BCUT2D eigenvalue weighted by Gasteiger charge is 2.35. The summed E-state index contributed by atoms with van der Waals surface area (Å²) in [5.74, 6) is 0.0175. The van der Waals surface area contributed by atoms with E-state index in [-0.39, 0.29) is 16.8 Å². The third kappa shape index (κ3) is 5.85. The zero-order valence-electron chi connectivity index (χ0n) is 19.2. The number of rotatable bonds is 7. The highest BCUT2D eigenvalue weighted by molar-refractivity contribution is 7.84. The standard InChI is InChI=1S/C24H36N4O3S/c1-3-12-26(4-2)23(29)20-17-28(15-16-31-20)19-10-13-27(14-11-19)24(30)21(22(25)32)18-8-6-5-7-9-18/h5-9,19-20,32H,3-4,10-17,25H2,1-2H3/b22-21+. The van der Waals surface area contributed by atoms with Crippen LogP contribution in [0, 0.1) is 0 Å². The molecule has 2 heterocycles. The molecule has 0 aromatic heterocycles. The number of hydrogen-bond acceptors (Lipinski definition) is 6. The Morgan fingerprint density at radius 2 is 1.84 bits per heavy atom. The molecule has 0 aliphatic carbocycles. The number of hydrogen-bond donors (Lipinski definition) is 2. The number of amides is 2. The van der Waals surface area contributed by atoms with E-state index in [0.717, 1.165) is 37.9 Å². The predicted octanol–water partition coefficient (Wildman–Crippen LogP) is 2.19. The number of piperidine rings is 1. The lowest BCUT2D eigenvalue weighted by atomic mass is 9.99. The fourth-order valence-corrected chi connectivity index (χ4v) is 4.85. The first-order chi connectivity index (χ1) is 15.5. The summed E-state index contributed by atoms with van der Waals surface area (Å²) in [5.41, 5.74) is 7.20. The van der Waals surface area contributed by atoms with E-state index in [0.29, 0.717) is 44.4 Å². The van der Waals surface area contributed by atoms with E-state index in [9.17, 15) is 9.59 Å². The van der Waals surface area contributed by atoms with Crippen LogP contribution in [0.5, 0.6) is 0 Å². The van der Waals surface area contributed by atoms with Crippen molar-refractivity contribution in [3.05, 3.63) is 40.9 Å². The van der Waals surface area contributed by atoms with Crippen LogP contribution in [0.15, 0.2) is 35.4 Å². The molecule has 0 spiro atoms. The van der Waals surface area contributed by atoms with Crippen molar-refractivity contribution in [2.45, 2.75) is 45.3 Å². The van der Waals surface area contributed by atoms with Gasteiger partial charge in [0, 0.05) is 45.3 Å². The van der Waals surface area contributed by atoms with Gasteiger partial charge in [-0.05, 0) is 31.7 Å². The predicted molar refractivity (Wildman–Crippen MR) is 130 cm³/mol. The highest BCUT2D eigenvalue weighted by atomic mass is 32.1. The molecule has 2 aliphatic heterocycles. The van der Waals surface area contributed by atoms with E-state index in [4.69, 9.17) is 10.5 Å². The van der Waals surface area contributed by atoms with Crippen LogP contribution in [-0.2, 0) is 14.3 Å². The van der Waals surface area contributed by atoms with Crippen molar-refractivity contribution in [1.82, 2.24) is 14.7 Å². The number of nitrogens with zero attached hydrogens (tertiary/aromatic N) is 3. The van der Waals surface area contributed by atoms with Crippen molar-refractivity contribution in [2.24, 2.45) is 5.73 Å². The molecule has 32 heavy (non-hydrogen) atoms. The molecule has 2 fully saturated rings. The smallest absolute Gasteiger partial charge is 0.257 e. The Morgan fingerprint density at radius 3 is 2.44 bits per heavy atom. The second-order valence-corrected chi connectivity index (χ2v) is 8.90. The third-order valence-electron chi connectivity index (χ3n) is 6.36. The lowest BCUT2D eigenvalue weighted by Gasteiger charge is -2.42. The molecule has 1 atom stereocenters. The average Bonchev–Trinajstić information content (AvgIpc) is 2.83. The molecule has 2 N–H and O–H groups in total. The van der Waals surface area contributed by atoms with E-state index in [2.05, 4.69) is 24.5 Å². The summed E-state index contributed by atoms with van der Waals surface area (Å²) in [7, 11) is 0. The summed E-state index contributed by atoms with van der Waals surface area (Å²) < 4.78 is 5.83. The van der Waals surface area contributed by atoms with Crippen molar-refractivity contribution >= 4 is 30.0 Å². The molecular formula is C24H36N4O3S. The van der Waals surface area contributed by atoms with Crippen molar-refractivity contribution in [3.8, 4) is 0 Å². The molecule has 8 heteroatoms. The Balaban J connectivity index is 1.58. The molecule has 1 aromatic carbocycles. The SMILES string of the molecule is CCCN(CC)C(=O)C1CN(C2CCN(C(=O)/C(=C(\N)S)c3ccccc3)CC2)CCO1. The van der Waals surface area contributed by atoms with Gasteiger partial charge in [-0.3, -0.25) is 14.5 Å². The van der Waals surface area contributed by atoms with Crippen LogP contribution in [0.3, 0.4) is 0 Å². The van der Waals surface area contributed by atoms with Crippen molar-refractivity contribution < 1.29 is 14.3 Å². The van der Waals surface area contributed by atoms with Gasteiger partial charge in [-0.15, -0.1) is 12.6 Å². The van der Waals surface area contributed by atoms with Gasteiger partial charge in [-0.1, -0.05) is 37.3 Å². The summed E-state index contributed by atoms with van der Waals surface area (Å²) in [5, 5.41) is 0.241. The molecule has 176 valence electrons. The molecule has 0 radical (unpaired) electrons. The van der Waals surface area contributed by atoms with E-state index in [1.165, 1.54) is 0 Å². The zero-order chi connectivity index (χ0) is 23.1. The van der Waals surface area contributed by atoms with E-state index < -0.39 is 6.10 Å². The van der Waals surface area contributed by atoms with Crippen LogP contribution in [0.2, 0.25) is 0 Å². The van der Waals surface area contributed by atoms with Crippen LogP contribution in [0.25, 0.3) is 5.57 Å². The minimum Gasteiger partial charge on any atom is -0.393 e. The van der Waals surface area contributed by atoms with Crippen molar-refractivity contribution in [2.75, 3.05) is 45.9 Å². The summed E-state index contributed by atoms with van der Waals surface area (Å²) in [6.07, 6.45) is 2.28. The summed E-state index contributed by atoms with van der Waals surface area (Å²) in [4.78, 5) is 32.2. The number of morpholine rings is 1. The molecule has 2 aliphatic rings. The lowest BCUT2D eigenvalue weighted by Crippen LogP contribution is -2.56. The van der Waals surface area contributed by atoms with Gasteiger partial charge in [0.15, 0.2) is 0 Å². The largest absolute Gasteiger partial charge is 0.393 e. The fraction of sp³-hybridized carbons (Fsp3) is 0.583. The van der Waals surface area contributed by atoms with E-state index in [1.807, 2.05) is 47.1 Å². The molecule has 0 bridgehead atoms. The number of benzene rings is 1. The second kappa shape index (κ2) is 11.7. The summed E-state index contributed by atoms with van der Waals surface area (Å²) in [6.45, 7) is 8.89. The van der Waals surface area contributed by atoms with E-state index in [1.54, 1.807) is 0 Å². The maximum absolute atomic E-state index is 13.2. The first kappa shape index (κ1) is 24.6. The molecule has 1 aromatic rings. The first-order valence-corrected chi connectivity index (χ1v) is 12.1. The Morgan fingerprint density at radius 1 is 1.16 bits per heavy atom. The minimum atomic E-state index is -0.397. The molecular weight excluding hydrogens is 424 g/mol. The maximum atomic E-state index is 13.2. The van der Waals surface area contributed by atoms with Crippen LogP contribution in [-0.4, -0.2) is 84.5 Å². The van der Waals surface area contributed by atoms with Gasteiger partial charge >= 0.3 is 0 Å². The number of carbonyl (C=O) groups is 2. The number of thiol groups is 1. The van der Waals surface area contributed by atoms with Gasteiger partial charge in [-0.25, -0.2) is 0 Å². The maximum Gasteiger partial charge on any atom is 0.257 e. The van der Waals surface area contributed by atoms with Gasteiger partial charge in [0.05, 0.1) is 17.2 Å². The lowest BCUT2D eigenvalue weighted by molar-refractivity contribution is -0.151. The minimum absolute atomic E-state index is 0.0738. The van der Waals surface area contributed by atoms with Gasteiger partial charge < -0.3 is 20.3 Å². The van der Waals surface area contributed by atoms with Gasteiger partial charge in [-0.2, -0.15) is 0 Å². The number of likely N-dealkylation sites (tertiary alicyclic amines) is 1. The fourth-order valence-electron chi connectivity index (χ4n) is 4.63. The Labute approximate surface area is 197 Å².